The number of nitrogen functional groups attached to an aromatic ring is 1. The average molecular weight is 290 g/mol. The van der Waals surface area contributed by atoms with Gasteiger partial charge in [-0.15, -0.1) is 0 Å². The van der Waals surface area contributed by atoms with Crippen LogP contribution in [0.5, 0.6) is 5.75 Å². The zero-order valence-corrected chi connectivity index (χ0v) is 11.1. The predicted octanol–water partition coefficient (Wildman–Crippen LogP) is 2.39. The van der Waals surface area contributed by atoms with Gasteiger partial charge in [0.25, 0.3) is 5.91 Å². The van der Waals surface area contributed by atoms with E-state index >= 15 is 0 Å². The van der Waals surface area contributed by atoms with Gasteiger partial charge in [0.05, 0.1) is 11.8 Å². The molecule has 0 atom stereocenters. The van der Waals surface area contributed by atoms with Crippen molar-refractivity contribution in [3.63, 3.8) is 0 Å². The quantitative estimate of drug-likeness (QED) is 0.460. The lowest BCUT2D eigenvalue weighted by Crippen LogP contribution is -2.19. The molecule has 0 aromatic heterocycles. The number of para-hydroxylation sites is 1. The van der Waals surface area contributed by atoms with Crippen molar-refractivity contribution in [2.45, 2.75) is 0 Å². The molecule has 2 aromatic rings. The Balaban J connectivity index is 2.09. The first-order chi connectivity index (χ1) is 9.58. The number of hydrazone groups is 1. The monoisotopic (exact) mass is 289 g/mol. The molecule has 0 fully saturated rings. The van der Waals surface area contributed by atoms with E-state index in [4.69, 9.17) is 17.3 Å². The molecule has 0 bridgehead atoms. The standard InChI is InChI=1S/C14H12ClN3O2/c15-10-5-6-12(16)11(7-10)14(20)18-17-8-9-3-1-2-4-13(9)19/h1-8,19H,16H2,(H,18,20). The van der Waals surface area contributed by atoms with Crippen LogP contribution in [0.3, 0.4) is 0 Å². The molecule has 0 aliphatic heterocycles. The molecule has 0 spiro atoms. The van der Waals surface area contributed by atoms with Crippen molar-refractivity contribution in [1.29, 1.82) is 0 Å². The van der Waals surface area contributed by atoms with E-state index in [9.17, 15) is 9.90 Å². The topological polar surface area (TPSA) is 87.7 Å². The van der Waals surface area contributed by atoms with Crippen LogP contribution in [0.25, 0.3) is 0 Å². The zero-order chi connectivity index (χ0) is 14.5. The van der Waals surface area contributed by atoms with Crippen molar-refractivity contribution in [2.75, 3.05) is 5.73 Å². The van der Waals surface area contributed by atoms with Crippen molar-refractivity contribution in [3.8, 4) is 5.75 Å². The second-order valence-corrected chi connectivity index (χ2v) is 4.43. The van der Waals surface area contributed by atoms with Gasteiger partial charge in [-0.1, -0.05) is 23.7 Å². The Hall–Kier alpha value is -2.53. The van der Waals surface area contributed by atoms with Crippen molar-refractivity contribution in [3.05, 3.63) is 58.6 Å². The summed E-state index contributed by atoms with van der Waals surface area (Å²) in [7, 11) is 0. The molecule has 102 valence electrons. The average Bonchev–Trinajstić information content (AvgIpc) is 2.43. The van der Waals surface area contributed by atoms with Crippen LogP contribution >= 0.6 is 11.6 Å². The Kier molecular flexibility index (Phi) is 4.22. The summed E-state index contributed by atoms with van der Waals surface area (Å²) in [4.78, 5) is 11.9. The van der Waals surface area contributed by atoms with Gasteiger partial charge in [0.15, 0.2) is 0 Å². The van der Waals surface area contributed by atoms with Crippen molar-refractivity contribution in [2.24, 2.45) is 5.10 Å². The molecule has 0 aliphatic carbocycles. The number of benzene rings is 2. The van der Waals surface area contributed by atoms with E-state index in [1.807, 2.05) is 0 Å². The number of phenolic OH excluding ortho intramolecular Hbond substituents is 1. The number of carbonyl (C=O) groups is 1. The Bertz CT molecular complexity index is 671. The van der Waals surface area contributed by atoms with Crippen molar-refractivity contribution < 1.29 is 9.90 Å². The van der Waals surface area contributed by atoms with Crippen LogP contribution < -0.4 is 11.2 Å². The molecular formula is C14H12ClN3O2. The highest BCUT2D eigenvalue weighted by atomic mass is 35.5. The number of hydrogen-bond donors (Lipinski definition) is 3. The van der Waals surface area contributed by atoms with Gasteiger partial charge < -0.3 is 10.8 Å². The summed E-state index contributed by atoms with van der Waals surface area (Å²) in [6, 6.07) is 11.2. The van der Waals surface area contributed by atoms with E-state index in [2.05, 4.69) is 10.5 Å². The van der Waals surface area contributed by atoms with E-state index in [0.29, 0.717) is 16.3 Å². The number of halogens is 1. The minimum absolute atomic E-state index is 0.0766. The van der Waals surface area contributed by atoms with Crippen LogP contribution in [0.15, 0.2) is 47.6 Å². The molecule has 0 radical (unpaired) electrons. The van der Waals surface area contributed by atoms with E-state index < -0.39 is 5.91 Å². The molecule has 1 amide bonds. The summed E-state index contributed by atoms with van der Waals surface area (Å²) in [5.74, 6) is -0.399. The van der Waals surface area contributed by atoms with Crippen LogP contribution in [-0.4, -0.2) is 17.2 Å². The third-order valence-electron chi connectivity index (χ3n) is 2.57. The van der Waals surface area contributed by atoms with Gasteiger partial charge in [0, 0.05) is 16.3 Å². The maximum Gasteiger partial charge on any atom is 0.273 e. The van der Waals surface area contributed by atoms with Gasteiger partial charge in [-0.2, -0.15) is 5.10 Å². The van der Waals surface area contributed by atoms with E-state index in [-0.39, 0.29) is 11.3 Å². The molecule has 6 heteroatoms. The van der Waals surface area contributed by atoms with Crippen LogP contribution in [0.1, 0.15) is 15.9 Å². The smallest absolute Gasteiger partial charge is 0.273 e. The Labute approximate surface area is 120 Å². The number of phenols is 1. The second-order valence-electron chi connectivity index (χ2n) is 3.99. The molecule has 2 rings (SSSR count). The third kappa shape index (κ3) is 3.27. The summed E-state index contributed by atoms with van der Waals surface area (Å²) in [5.41, 5.74) is 9.05. The number of anilines is 1. The largest absolute Gasteiger partial charge is 0.507 e. The van der Waals surface area contributed by atoms with Gasteiger partial charge in [-0.25, -0.2) is 5.43 Å². The number of carbonyl (C=O) groups excluding carboxylic acids is 1. The van der Waals surface area contributed by atoms with Crippen molar-refractivity contribution in [1.82, 2.24) is 5.43 Å². The van der Waals surface area contributed by atoms with Gasteiger partial charge in [-0.3, -0.25) is 4.79 Å². The number of nitrogens with zero attached hydrogens (tertiary/aromatic N) is 1. The van der Waals surface area contributed by atoms with Gasteiger partial charge in [0.2, 0.25) is 0 Å². The lowest BCUT2D eigenvalue weighted by atomic mass is 10.2. The summed E-state index contributed by atoms with van der Waals surface area (Å²) in [5, 5.41) is 13.7. The minimum Gasteiger partial charge on any atom is -0.507 e. The Morgan fingerprint density at radius 3 is 2.80 bits per heavy atom. The second kappa shape index (κ2) is 6.08. The number of amides is 1. The first kappa shape index (κ1) is 13.9. The summed E-state index contributed by atoms with van der Waals surface area (Å²) >= 11 is 5.80. The normalized spacial score (nSPS) is 10.7. The first-order valence-electron chi connectivity index (χ1n) is 5.74. The number of rotatable bonds is 3. The molecule has 4 N–H and O–H groups in total. The van der Waals surface area contributed by atoms with E-state index in [1.165, 1.54) is 18.3 Å². The third-order valence-corrected chi connectivity index (χ3v) is 2.80. The van der Waals surface area contributed by atoms with E-state index in [1.54, 1.807) is 30.3 Å². The summed E-state index contributed by atoms with van der Waals surface area (Å²) in [6.07, 6.45) is 1.34. The van der Waals surface area contributed by atoms with Crippen LogP contribution in [0.2, 0.25) is 5.02 Å². The molecule has 0 heterocycles. The van der Waals surface area contributed by atoms with Crippen LogP contribution in [0.4, 0.5) is 5.69 Å². The van der Waals surface area contributed by atoms with E-state index in [0.717, 1.165) is 0 Å². The zero-order valence-electron chi connectivity index (χ0n) is 10.4. The van der Waals surface area contributed by atoms with Crippen LogP contribution in [0, 0.1) is 0 Å². The number of nitrogens with one attached hydrogen (secondary N) is 1. The fourth-order valence-electron chi connectivity index (χ4n) is 1.54. The lowest BCUT2D eigenvalue weighted by Gasteiger charge is -2.04. The number of hydrogen-bond acceptors (Lipinski definition) is 4. The lowest BCUT2D eigenvalue weighted by molar-refractivity contribution is 0.0956. The predicted molar refractivity (Wildman–Crippen MR) is 79.0 cm³/mol. The Morgan fingerprint density at radius 1 is 1.30 bits per heavy atom. The highest BCUT2D eigenvalue weighted by Gasteiger charge is 2.09. The first-order valence-corrected chi connectivity index (χ1v) is 6.12. The Morgan fingerprint density at radius 2 is 2.05 bits per heavy atom. The van der Waals surface area contributed by atoms with Gasteiger partial charge in [-0.05, 0) is 30.3 Å². The highest BCUT2D eigenvalue weighted by Crippen LogP contribution is 2.17. The molecule has 0 aliphatic rings. The summed E-state index contributed by atoms with van der Waals surface area (Å²) in [6.45, 7) is 0. The minimum atomic E-state index is -0.475. The van der Waals surface area contributed by atoms with Crippen molar-refractivity contribution >= 4 is 29.4 Å². The summed E-state index contributed by atoms with van der Waals surface area (Å²) < 4.78 is 0. The fourth-order valence-corrected chi connectivity index (χ4v) is 1.71. The number of nitrogens with two attached hydrogens (primary N) is 1. The molecular weight excluding hydrogens is 278 g/mol. The molecule has 5 nitrogen and oxygen atoms in total. The molecule has 0 saturated carbocycles. The SMILES string of the molecule is Nc1ccc(Cl)cc1C(=O)NN=Cc1ccccc1O. The highest BCUT2D eigenvalue weighted by molar-refractivity contribution is 6.31. The van der Waals surface area contributed by atoms with Gasteiger partial charge in [0.1, 0.15) is 5.75 Å². The molecule has 0 saturated heterocycles. The molecule has 0 unspecified atom stereocenters. The number of aromatic hydroxyl groups is 1. The molecule has 2 aromatic carbocycles. The molecule has 20 heavy (non-hydrogen) atoms. The maximum atomic E-state index is 11.9. The van der Waals surface area contributed by atoms with Gasteiger partial charge >= 0.3 is 0 Å². The maximum absolute atomic E-state index is 11.9. The van der Waals surface area contributed by atoms with Crippen LogP contribution in [-0.2, 0) is 0 Å². The fraction of sp³-hybridized carbons (Fsp3) is 0.